The summed E-state index contributed by atoms with van der Waals surface area (Å²) < 4.78 is 44.3. The zero-order valence-electron chi connectivity index (χ0n) is 10.8. The van der Waals surface area contributed by atoms with Crippen molar-refractivity contribution in [3.63, 3.8) is 0 Å². The number of benzene rings is 1. The Labute approximate surface area is 126 Å². The van der Waals surface area contributed by atoms with Crippen molar-refractivity contribution in [1.82, 2.24) is 4.72 Å². The van der Waals surface area contributed by atoms with Crippen molar-refractivity contribution in [2.24, 2.45) is 0 Å². The van der Waals surface area contributed by atoms with Gasteiger partial charge in [-0.2, -0.15) is 0 Å². The van der Waals surface area contributed by atoms with Crippen molar-refractivity contribution in [3.05, 3.63) is 53.2 Å². The summed E-state index contributed by atoms with van der Waals surface area (Å²) in [7, 11) is -3.81. The van der Waals surface area contributed by atoms with E-state index in [4.69, 9.17) is 16.0 Å². The van der Waals surface area contributed by atoms with Crippen LogP contribution in [-0.4, -0.2) is 20.1 Å². The molecule has 0 aliphatic heterocycles. The van der Waals surface area contributed by atoms with Crippen molar-refractivity contribution >= 4 is 21.6 Å². The molecular formula is C13H13ClFNO4S. The van der Waals surface area contributed by atoms with Crippen LogP contribution in [0.1, 0.15) is 18.3 Å². The first kappa shape index (κ1) is 16.0. The van der Waals surface area contributed by atoms with Gasteiger partial charge in [0, 0.05) is 6.54 Å². The molecule has 0 saturated carbocycles. The van der Waals surface area contributed by atoms with Crippen molar-refractivity contribution in [3.8, 4) is 0 Å². The Hall–Kier alpha value is -1.41. The van der Waals surface area contributed by atoms with E-state index < -0.39 is 21.9 Å². The van der Waals surface area contributed by atoms with Crippen LogP contribution in [0.2, 0.25) is 5.02 Å². The van der Waals surface area contributed by atoms with Crippen LogP contribution in [0.4, 0.5) is 4.39 Å². The molecule has 0 fully saturated rings. The van der Waals surface area contributed by atoms with E-state index in [1.54, 1.807) is 12.1 Å². The third-order valence-electron chi connectivity index (χ3n) is 2.78. The fourth-order valence-corrected chi connectivity index (χ4v) is 3.00. The van der Waals surface area contributed by atoms with E-state index in [9.17, 15) is 17.9 Å². The number of aliphatic hydroxyl groups is 1. The molecule has 0 saturated heterocycles. The van der Waals surface area contributed by atoms with E-state index in [1.165, 1.54) is 6.26 Å². The van der Waals surface area contributed by atoms with Gasteiger partial charge in [0.05, 0.1) is 16.2 Å². The Balaban J connectivity index is 1.96. The first-order chi connectivity index (χ1) is 9.90. The molecule has 0 spiro atoms. The zero-order chi connectivity index (χ0) is 15.5. The molecule has 1 atom stereocenters. The summed E-state index contributed by atoms with van der Waals surface area (Å²) >= 11 is 5.55. The van der Waals surface area contributed by atoms with Gasteiger partial charge in [-0.05, 0) is 36.8 Å². The average molecular weight is 334 g/mol. The molecule has 21 heavy (non-hydrogen) atoms. The molecule has 1 aromatic carbocycles. The SMILES string of the molecule is O=S(=O)(NCCC(O)c1ccco1)c1ccc(F)c(Cl)c1. The fraction of sp³-hybridized carbons (Fsp3) is 0.231. The predicted molar refractivity (Wildman–Crippen MR) is 74.9 cm³/mol. The highest BCUT2D eigenvalue weighted by Crippen LogP contribution is 2.20. The van der Waals surface area contributed by atoms with Gasteiger partial charge >= 0.3 is 0 Å². The Kier molecular flexibility index (Phi) is 5.00. The summed E-state index contributed by atoms with van der Waals surface area (Å²) in [6.45, 7) is -0.000798. The third kappa shape index (κ3) is 4.04. The van der Waals surface area contributed by atoms with Gasteiger partial charge in [-0.3, -0.25) is 0 Å². The summed E-state index contributed by atoms with van der Waals surface area (Å²) in [4.78, 5) is -0.138. The maximum atomic E-state index is 13.0. The minimum atomic E-state index is -3.81. The minimum Gasteiger partial charge on any atom is -0.467 e. The van der Waals surface area contributed by atoms with Crippen molar-refractivity contribution in [2.45, 2.75) is 17.4 Å². The van der Waals surface area contributed by atoms with Crippen molar-refractivity contribution < 1.29 is 22.3 Å². The summed E-state index contributed by atoms with van der Waals surface area (Å²) in [5.41, 5.74) is 0. The van der Waals surface area contributed by atoms with Gasteiger partial charge in [0.1, 0.15) is 17.7 Å². The second-order valence-corrected chi connectivity index (χ2v) is 6.47. The molecule has 2 aromatic rings. The zero-order valence-corrected chi connectivity index (χ0v) is 12.4. The molecule has 0 bridgehead atoms. The lowest BCUT2D eigenvalue weighted by Crippen LogP contribution is -2.26. The van der Waals surface area contributed by atoms with Crippen molar-refractivity contribution in [1.29, 1.82) is 0 Å². The lowest BCUT2D eigenvalue weighted by Gasteiger charge is -2.10. The molecule has 1 unspecified atom stereocenters. The highest BCUT2D eigenvalue weighted by Gasteiger charge is 2.17. The maximum Gasteiger partial charge on any atom is 0.240 e. The highest BCUT2D eigenvalue weighted by molar-refractivity contribution is 7.89. The quantitative estimate of drug-likeness (QED) is 0.851. The molecule has 1 heterocycles. The lowest BCUT2D eigenvalue weighted by atomic mass is 10.2. The number of nitrogens with one attached hydrogen (secondary N) is 1. The monoisotopic (exact) mass is 333 g/mol. The largest absolute Gasteiger partial charge is 0.467 e. The number of furan rings is 1. The molecular weight excluding hydrogens is 321 g/mol. The average Bonchev–Trinajstić information content (AvgIpc) is 2.95. The maximum absolute atomic E-state index is 13.0. The van der Waals surface area contributed by atoms with Crippen LogP contribution in [0.3, 0.4) is 0 Å². The standard InChI is InChI=1S/C13H13ClFNO4S/c14-10-8-9(3-4-11(10)15)21(18,19)16-6-5-12(17)13-2-1-7-20-13/h1-4,7-8,12,16-17H,5-6H2. The normalized spacial score (nSPS) is 13.3. The molecule has 8 heteroatoms. The molecule has 0 amide bonds. The van der Waals surface area contributed by atoms with E-state index >= 15 is 0 Å². The number of hydrogen-bond donors (Lipinski definition) is 2. The minimum absolute atomic E-state index is 0.000798. The Bertz CT molecular complexity index is 703. The second-order valence-electron chi connectivity index (χ2n) is 4.29. The van der Waals surface area contributed by atoms with Crippen LogP contribution in [0.25, 0.3) is 0 Å². The topological polar surface area (TPSA) is 79.5 Å². The van der Waals surface area contributed by atoms with E-state index in [2.05, 4.69) is 4.72 Å². The first-order valence-corrected chi connectivity index (χ1v) is 7.92. The number of rotatable bonds is 6. The summed E-state index contributed by atoms with van der Waals surface area (Å²) in [5, 5.41) is 9.49. The van der Waals surface area contributed by atoms with E-state index in [0.717, 1.165) is 18.2 Å². The molecule has 0 aliphatic carbocycles. The van der Waals surface area contributed by atoms with Gasteiger partial charge in [0.15, 0.2) is 0 Å². The van der Waals surface area contributed by atoms with Gasteiger partial charge in [-0.1, -0.05) is 11.6 Å². The molecule has 5 nitrogen and oxygen atoms in total. The van der Waals surface area contributed by atoms with Crippen LogP contribution in [0.5, 0.6) is 0 Å². The van der Waals surface area contributed by atoms with Gasteiger partial charge in [-0.25, -0.2) is 17.5 Å². The Morgan fingerprint density at radius 1 is 1.38 bits per heavy atom. The fourth-order valence-electron chi connectivity index (χ4n) is 1.68. The smallest absolute Gasteiger partial charge is 0.240 e. The predicted octanol–water partition coefficient (Wildman–Crippen LogP) is 2.47. The Morgan fingerprint density at radius 3 is 2.76 bits per heavy atom. The molecule has 0 radical (unpaired) electrons. The molecule has 2 rings (SSSR count). The number of aliphatic hydroxyl groups excluding tert-OH is 1. The summed E-state index contributed by atoms with van der Waals surface area (Å²) in [6, 6.07) is 6.35. The van der Waals surface area contributed by atoms with E-state index in [-0.39, 0.29) is 22.9 Å². The number of halogens is 2. The Morgan fingerprint density at radius 2 is 2.14 bits per heavy atom. The molecule has 0 aliphatic rings. The third-order valence-corrected chi connectivity index (χ3v) is 4.53. The van der Waals surface area contributed by atoms with Gasteiger partial charge in [0.25, 0.3) is 0 Å². The second kappa shape index (κ2) is 6.57. The summed E-state index contributed by atoms with van der Waals surface area (Å²) in [6.07, 6.45) is 0.657. The van der Waals surface area contributed by atoms with Crippen LogP contribution in [-0.2, 0) is 10.0 Å². The van der Waals surface area contributed by atoms with Crippen LogP contribution < -0.4 is 4.72 Å². The molecule has 2 N–H and O–H groups in total. The molecule has 1 aromatic heterocycles. The number of sulfonamides is 1. The van der Waals surface area contributed by atoms with Crippen LogP contribution in [0, 0.1) is 5.82 Å². The van der Waals surface area contributed by atoms with E-state index in [1.807, 2.05) is 0 Å². The van der Waals surface area contributed by atoms with Gasteiger partial charge in [-0.15, -0.1) is 0 Å². The van der Waals surface area contributed by atoms with Crippen LogP contribution >= 0.6 is 11.6 Å². The van der Waals surface area contributed by atoms with Gasteiger partial charge in [0.2, 0.25) is 10.0 Å². The highest BCUT2D eigenvalue weighted by atomic mass is 35.5. The molecule has 114 valence electrons. The number of hydrogen-bond acceptors (Lipinski definition) is 4. The lowest BCUT2D eigenvalue weighted by molar-refractivity contribution is 0.142. The van der Waals surface area contributed by atoms with Gasteiger partial charge < -0.3 is 9.52 Å². The summed E-state index contributed by atoms with van der Waals surface area (Å²) in [5.74, 6) is -0.331. The van der Waals surface area contributed by atoms with Crippen molar-refractivity contribution in [2.75, 3.05) is 6.54 Å². The first-order valence-electron chi connectivity index (χ1n) is 6.06. The van der Waals surface area contributed by atoms with Crippen LogP contribution in [0.15, 0.2) is 45.9 Å². The van der Waals surface area contributed by atoms with E-state index in [0.29, 0.717) is 5.76 Å².